The minimum Gasteiger partial charge on any atom is -0.334 e. The van der Waals surface area contributed by atoms with E-state index >= 15 is 0 Å². The summed E-state index contributed by atoms with van der Waals surface area (Å²) in [6.45, 7) is 2.79. The van der Waals surface area contributed by atoms with Gasteiger partial charge >= 0.3 is 0 Å². The van der Waals surface area contributed by atoms with Gasteiger partial charge in [0.25, 0.3) is 0 Å². The molecule has 0 aromatic heterocycles. The van der Waals surface area contributed by atoms with Gasteiger partial charge in [-0.15, -0.1) is 11.6 Å². The molecule has 0 saturated heterocycles. The summed E-state index contributed by atoms with van der Waals surface area (Å²) in [7, 11) is 0. The Morgan fingerprint density at radius 2 is 2.00 bits per heavy atom. The lowest BCUT2D eigenvalue weighted by molar-refractivity contribution is -0.131. The monoisotopic (exact) mass is 265 g/mol. The molecule has 0 radical (unpaired) electrons. The third-order valence-corrected chi connectivity index (χ3v) is 4.03. The zero-order valence-electron chi connectivity index (χ0n) is 10.9. The maximum atomic E-state index is 12.0. The van der Waals surface area contributed by atoms with Gasteiger partial charge in [-0.1, -0.05) is 37.1 Å². The van der Waals surface area contributed by atoms with Crippen LogP contribution in [-0.2, 0) is 11.3 Å². The Morgan fingerprint density at radius 1 is 1.33 bits per heavy atom. The van der Waals surface area contributed by atoms with Gasteiger partial charge in [0.1, 0.15) is 5.88 Å². The van der Waals surface area contributed by atoms with E-state index in [4.69, 9.17) is 11.6 Å². The first-order valence-corrected chi connectivity index (χ1v) is 7.15. The minimum atomic E-state index is 0.0619. The van der Waals surface area contributed by atoms with E-state index in [0.717, 1.165) is 12.8 Å². The summed E-state index contributed by atoms with van der Waals surface area (Å²) in [5.41, 5.74) is 2.46. The Morgan fingerprint density at radius 3 is 2.61 bits per heavy atom. The van der Waals surface area contributed by atoms with E-state index in [9.17, 15) is 4.79 Å². The number of carbonyl (C=O) groups is 1. The van der Waals surface area contributed by atoms with Crippen LogP contribution in [0.15, 0.2) is 24.3 Å². The van der Waals surface area contributed by atoms with Crippen LogP contribution >= 0.6 is 11.6 Å². The number of hydrogen-bond acceptors (Lipinski definition) is 1. The third kappa shape index (κ3) is 3.05. The van der Waals surface area contributed by atoms with Gasteiger partial charge in [-0.2, -0.15) is 0 Å². The van der Waals surface area contributed by atoms with Crippen molar-refractivity contribution in [2.75, 3.05) is 5.88 Å². The zero-order chi connectivity index (χ0) is 13.0. The molecule has 0 N–H and O–H groups in total. The molecule has 0 aliphatic heterocycles. The van der Waals surface area contributed by atoms with E-state index in [1.165, 1.54) is 24.0 Å². The first-order chi connectivity index (χ1) is 8.72. The first-order valence-electron chi connectivity index (χ1n) is 6.62. The fourth-order valence-electron chi connectivity index (χ4n) is 2.68. The molecule has 1 aliphatic rings. The molecule has 0 heterocycles. The Bertz CT molecular complexity index is 413. The molecule has 2 rings (SSSR count). The smallest absolute Gasteiger partial charge is 0.238 e. The highest BCUT2D eigenvalue weighted by molar-refractivity contribution is 6.27. The van der Waals surface area contributed by atoms with Gasteiger partial charge in [-0.05, 0) is 30.9 Å². The molecule has 98 valence electrons. The largest absolute Gasteiger partial charge is 0.334 e. The third-order valence-electron chi connectivity index (χ3n) is 3.80. The van der Waals surface area contributed by atoms with Crippen LogP contribution in [0.5, 0.6) is 0 Å². The Kier molecular flexibility index (Phi) is 4.65. The van der Waals surface area contributed by atoms with Gasteiger partial charge in [0.2, 0.25) is 5.91 Å². The van der Waals surface area contributed by atoms with Crippen molar-refractivity contribution in [2.45, 2.75) is 45.2 Å². The molecule has 1 fully saturated rings. The van der Waals surface area contributed by atoms with E-state index in [1.807, 2.05) is 17.0 Å². The van der Waals surface area contributed by atoms with Crippen LogP contribution in [0.1, 0.15) is 36.8 Å². The summed E-state index contributed by atoms with van der Waals surface area (Å²) in [4.78, 5) is 14.0. The van der Waals surface area contributed by atoms with Crippen LogP contribution < -0.4 is 0 Å². The number of hydrogen-bond donors (Lipinski definition) is 0. The highest BCUT2D eigenvalue weighted by Crippen LogP contribution is 2.25. The number of benzene rings is 1. The van der Waals surface area contributed by atoms with Gasteiger partial charge in [0.05, 0.1) is 0 Å². The molecule has 3 heteroatoms. The van der Waals surface area contributed by atoms with Gasteiger partial charge in [0, 0.05) is 12.6 Å². The van der Waals surface area contributed by atoms with Gasteiger partial charge in [-0.3, -0.25) is 4.79 Å². The van der Waals surface area contributed by atoms with Crippen molar-refractivity contribution in [3.05, 3.63) is 35.4 Å². The normalized spacial score (nSPS) is 15.9. The van der Waals surface area contributed by atoms with Crippen LogP contribution in [0, 0.1) is 6.92 Å². The van der Waals surface area contributed by atoms with E-state index in [0.29, 0.717) is 12.6 Å². The second kappa shape index (κ2) is 6.24. The van der Waals surface area contributed by atoms with Crippen molar-refractivity contribution in [1.29, 1.82) is 0 Å². The van der Waals surface area contributed by atoms with Crippen LogP contribution in [0.3, 0.4) is 0 Å². The highest BCUT2D eigenvalue weighted by Gasteiger charge is 2.26. The van der Waals surface area contributed by atoms with Gasteiger partial charge < -0.3 is 4.90 Å². The van der Waals surface area contributed by atoms with E-state index in [1.54, 1.807) is 0 Å². The van der Waals surface area contributed by atoms with Crippen LogP contribution in [0.2, 0.25) is 0 Å². The molecule has 1 amide bonds. The van der Waals surface area contributed by atoms with Crippen LogP contribution in [-0.4, -0.2) is 22.7 Å². The summed E-state index contributed by atoms with van der Waals surface area (Å²) < 4.78 is 0. The predicted molar refractivity (Wildman–Crippen MR) is 74.7 cm³/mol. The Hall–Kier alpha value is -1.02. The number of amides is 1. The lowest BCUT2D eigenvalue weighted by Gasteiger charge is -2.29. The van der Waals surface area contributed by atoms with E-state index < -0.39 is 0 Å². The number of nitrogens with zero attached hydrogens (tertiary/aromatic N) is 1. The molecule has 1 aromatic rings. The van der Waals surface area contributed by atoms with Gasteiger partial charge in [0.15, 0.2) is 0 Å². The Balaban J connectivity index is 2.14. The van der Waals surface area contributed by atoms with Crippen molar-refractivity contribution in [1.82, 2.24) is 4.90 Å². The summed E-state index contributed by atoms with van der Waals surface area (Å²) >= 11 is 5.74. The fraction of sp³-hybridized carbons (Fsp3) is 0.533. The topological polar surface area (TPSA) is 20.3 Å². The molecule has 1 aromatic carbocycles. The molecule has 1 aliphatic carbocycles. The van der Waals surface area contributed by atoms with Crippen LogP contribution in [0.4, 0.5) is 0 Å². The van der Waals surface area contributed by atoms with Gasteiger partial charge in [-0.25, -0.2) is 0 Å². The standard InChI is InChI=1S/C15H20ClNO/c1-12-6-2-3-7-13(12)11-17(15(18)10-16)14-8-4-5-9-14/h2-3,6-7,14H,4-5,8-11H2,1H3. The lowest BCUT2D eigenvalue weighted by Crippen LogP contribution is -2.39. The molecule has 0 unspecified atom stereocenters. The highest BCUT2D eigenvalue weighted by atomic mass is 35.5. The summed E-state index contributed by atoms with van der Waals surface area (Å²) in [6.07, 6.45) is 4.69. The first kappa shape index (κ1) is 13.4. The molecule has 1 saturated carbocycles. The molecule has 0 spiro atoms. The molecule has 0 atom stereocenters. The SMILES string of the molecule is Cc1ccccc1CN(C(=O)CCl)C1CCCC1. The van der Waals surface area contributed by atoms with E-state index in [-0.39, 0.29) is 11.8 Å². The second-order valence-corrected chi connectivity index (χ2v) is 5.29. The van der Waals surface area contributed by atoms with Crippen molar-refractivity contribution in [2.24, 2.45) is 0 Å². The van der Waals surface area contributed by atoms with Crippen molar-refractivity contribution < 1.29 is 4.79 Å². The number of alkyl halides is 1. The van der Waals surface area contributed by atoms with Crippen molar-refractivity contribution >= 4 is 17.5 Å². The van der Waals surface area contributed by atoms with Crippen molar-refractivity contribution in [3.8, 4) is 0 Å². The molecule has 2 nitrogen and oxygen atoms in total. The number of halogens is 1. The predicted octanol–water partition coefficient (Wildman–Crippen LogP) is 3.51. The zero-order valence-corrected chi connectivity index (χ0v) is 11.6. The summed E-state index contributed by atoms with van der Waals surface area (Å²) in [5.74, 6) is 0.148. The second-order valence-electron chi connectivity index (χ2n) is 5.02. The molecular weight excluding hydrogens is 246 g/mol. The molecular formula is C15H20ClNO. The minimum absolute atomic E-state index is 0.0619. The van der Waals surface area contributed by atoms with Crippen molar-refractivity contribution in [3.63, 3.8) is 0 Å². The quantitative estimate of drug-likeness (QED) is 0.763. The number of aryl methyl sites for hydroxylation is 1. The van der Waals surface area contributed by atoms with Crippen LogP contribution in [0.25, 0.3) is 0 Å². The average Bonchev–Trinajstić information content (AvgIpc) is 2.90. The summed E-state index contributed by atoms with van der Waals surface area (Å²) in [5, 5.41) is 0. The average molecular weight is 266 g/mol. The summed E-state index contributed by atoms with van der Waals surface area (Å²) in [6, 6.07) is 8.63. The molecule has 0 bridgehead atoms. The Labute approximate surface area is 114 Å². The fourth-order valence-corrected chi connectivity index (χ4v) is 2.84. The lowest BCUT2D eigenvalue weighted by atomic mass is 10.1. The van der Waals surface area contributed by atoms with E-state index in [2.05, 4.69) is 19.1 Å². The molecule has 18 heavy (non-hydrogen) atoms. The maximum Gasteiger partial charge on any atom is 0.238 e. The maximum absolute atomic E-state index is 12.0. The number of carbonyl (C=O) groups excluding carboxylic acids is 1. The number of rotatable bonds is 4.